The molecule has 0 spiro atoms. The topological polar surface area (TPSA) is 54.6 Å². The number of nitrogens with zero attached hydrogens (tertiary/aromatic N) is 1. The quantitative estimate of drug-likeness (QED) is 0.405. The molecule has 2 aliphatic rings. The lowest BCUT2D eigenvalue weighted by atomic mass is 9.67. The summed E-state index contributed by atoms with van der Waals surface area (Å²) in [5, 5.41) is 1.27. The summed E-state index contributed by atoms with van der Waals surface area (Å²) < 4.78 is 9.20. The number of rotatable bonds is 3. The molecule has 0 saturated carbocycles. The average Bonchev–Trinajstić information content (AvgIpc) is 3.16. The Hall–Kier alpha value is -2.08. The van der Waals surface area contributed by atoms with Gasteiger partial charge >= 0.3 is 6.09 Å². The number of aryl methyl sites for hydroxylation is 1. The van der Waals surface area contributed by atoms with Gasteiger partial charge in [0.05, 0.1) is 7.11 Å². The second-order valence-corrected chi connectivity index (χ2v) is 11.9. The first-order chi connectivity index (χ1) is 16.2. The molecule has 5 rings (SSSR count). The minimum absolute atomic E-state index is 0.135. The molecule has 0 bridgehead atoms. The average molecular weight is 522 g/mol. The first kappa shape index (κ1) is 23.7. The molecule has 2 heterocycles. The molecule has 2 aromatic carbocycles. The van der Waals surface area contributed by atoms with Gasteiger partial charge in [-0.3, -0.25) is 0 Å². The largest absolute Gasteiger partial charge is 0.497 e. The van der Waals surface area contributed by atoms with Gasteiger partial charge in [-0.05, 0) is 66.5 Å². The van der Waals surface area contributed by atoms with Crippen LogP contribution in [0.2, 0.25) is 0 Å². The van der Waals surface area contributed by atoms with Gasteiger partial charge in [0.15, 0.2) is 0 Å². The number of fused-ring (bicyclic) bond motifs is 4. The van der Waals surface area contributed by atoms with Crippen LogP contribution >= 0.6 is 34.8 Å². The molecule has 1 amide bonds. The van der Waals surface area contributed by atoms with Crippen LogP contribution in [0.4, 0.5) is 4.79 Å². The summed E-state index contributed by atoms with van der Waals surface area (Å²) in [5.41, 5.74) is 6.24. The Bertz CT molecular complexity index is 1220. The molecule has 1 aromatic heterocycles. The predicted octanol–water partition coefficient (Wildman–Crippen LogP) is 6.42. The number of likely N-dealkylation sites (tertiary alicyclic amines) is 1. The van der Waals surface area contributed by atoms with E-state index in [-0.39, 0.29) is 18.4 Å². The smallest absolute Gasteiger partial charge is 0.409 e. The number of alkyl halides is 3. The van der Waals surface area contributed by atoms with E-state index in [4.69, 9.17) is 44.3 Å². The summed E-state index contributed by atoms with van der Waals surface area (Å²) in [6, 6.07) is 14.7. The molecule has 0 radical (unpaired) electrons. The molecule has 3 unspecified atom stereocenters. The Morgan fingerprint density at radius 2 is 1.97 bits per heavy atom. The number of aromatic nitrogens is 1. The van der Waals surface area contributed by atoms with Gasteiger partial charge in [0.2, 0.25) is 3.79 Å². The molecular weight excluding hydrogens is 495 g/mol. The number of hydrogen-bond acceptors (Lipinski definition) is 3. The standard InChI is InChI=1S/C26H27Cl3N2O3/c1-15-6-7-19-21-10-17-12-31(25(32)34-14-26(27,28)29)13-22(16-4-3-5-18(9-16)33-2)20(17)11-24(21)30-23(19)8-15/h3-9,17,20,22,30H,10-14H2,1-2H3. The Labute approximate surface area is 214 Å². The number of aromatic amines is 1. The first-order valence-electron chi connectivity index (χ1n) is 11.4. The number of halogens is 3. The highest BCUT2D eigenvalue weighted by Gasteiger charge is 2.43. The second kappa shape index (κ2) is 9.18. The van der Waals surface area contributed by atoms with Gasteiger partial charge in [0, 0.05) is 35.6 Å². The summed E-state index contributed by atoms with van der Waals surface area (Å²) in [5.74, 6) is 1.61. The number of nitrogens with one attached hydrogen (secondary N) is 1. The van der Waals surface area contributed by atoms with Crippen molar-refractivity contribution in [3.8, 4) is 5.75 Å². The first-order valence-corrected chi connectivity index (χ1v) is 12.6. The zero-order valence-corrected chi connectivity index (χ0v) is 21.4. The maximum atomic E-state index is 13.0. The van der Waals surface area contributed by atoms with Crippen molar-refractivity contribution < 1.29 is 14.3 Å². The van der Waals surface area contributed by atoms with Gasteiger partial charge in [-0.25, -0.2) is 4.79 Å². The van der Waals surface area contributed by atoms with Crippen molar-refractivity contribution in [1.82, 2.24) is 9.88 Å². The maximum absolute atomic E-state index is 13.0. The summed E-state index contributed by atoms with van der Waals surface area (Å²) in [6.45, 7) is 2.99. The summed E-state index contributed by atoms with van der Waals surface area (Å²) in [6.07, 6.45) is 1.39. The number of H-pyrrole nitrogens is 1. The van der Waals surface area contributed by atoms with Crippen LogP contribution in [0.25, 0.3) is 10.9 Å². The lowest BCUT2D eigenvalue weighted by Gasteiger charge is -2.46. The monoisotopic (exact) mass is 520 g/mol. The molecule has 1 N–H and O–H groups in total. The van der Waals surface area contributed by atoms with Gasteiger partial charge in [0.25, 0.3) is 0 Å². The van der Waals surface area contributed by atoms with Crippen molar-refractivity contribution in [2.24, 2.45) is 11.8 Å². The second-order valence-electron chi connectivity index (χ2n) is 9.42. The zero-order valence-electron chi connectivity index (χ0n) is 19.1. The SMILES string of the molecule is COc1cccc(C2CN(C(=O)OCC(Cl)(Cl)Cl)CC3Cc4c([nH]c5cc(C)ccc45)CC32)c1. The van der Waals surface area contributed by atoms with E-state index in [1.54, 1.807) is 12.0 Å². The van der Waals surface area contributed by atoms with Gasteiger partial charge in [0.1, 0.15) is 12.4 Å². The Morgan fingerprint density at radius 3 is 2.74 bits per heavy atom. The van der Waals surface area contributed by atoms with E-state index in [0.717, 1.165) is 24.2 Å². The third-order valence-electron chi connectivity index (χ3n) is 7.19. The zero-order chi connectivity index (χ0) is 24.0. The molecule has 3 atom stereocenters. The lowest BCUT2D eigenvalue weighted by Crippen LogP contribution is -2.50. The Kier molecular flexibility index (Phi) is 6.38. The minimum atomic E-state index is -1.64. The molecule has 8 heteroatoms. The fraction of sp³-hybridized carbons (Fsp3) is 0.423. The highest BCUT2D eigenvalue weighted by atomic mass is 35.6. The summed E-state index contributed by atoms with van der Waals surface area (Å²) >= 11 is 17.4. The Balaban J connectivity index is 1.49. The van der Waals surface area contributed by atoms with Crippen LogP contribution in [0, 0.1) is 18.8 Å². The van der Waals surface area contributed by atoms with Crippen molar-refractivity contribution >= 4 is 51.8 Å². The van der Waals surface area contributed by atoms with Gasteiger partial charge in [-0.15, -0.1) is 0 Å². The van der Waals surface area contributed by atoms with E-state index in [2.05, 4.69) is 42.2 Å². The molecule has 34 heavy (non-hydrogen) atoms. The number of hydrogen-bond donors (Lipinski definition) is 1. The van der Waals surface area contributed by atoms with Crippen molar-refractivity contribution in [3.63, 3.8) is 0 Å². The van der Waals surface area contributed by atoms with Crippen LogP contribution in [0.3, 0.4) is 0 Å². The number of carbonyl (C=O) groups excluding carboxylic acids is 1. The predicted molar refractivity (Wildman–Crippen MR) is 136 cm³/mol. The fourth-order valence-electron chi connectivity index (χ4n) is 5.66. The summed E-state index contributed by atoms with van der Waals surface area (Å²) in [4.78, 5) is 18.4. The molecule has 5 nitrogen and oxygen atoms in total. The molecule has 3 aromatic rings. The number of carbonyl (C=O) groups is 1. The number of piperidine rings is 1. The third-order valence-corrected chi connectivity index (χ3v) is 7.52. The van der Waals surface area contributed by atoms with Crippen LogP contribution in [-0.4, -0.2) is 46.6 Å². The van der Waals surface area contributed by atoms with E-state index in [1.807, 2.05) is 12.1 Å². The molecule has 1 saturated heterocycles. The van der Waals surface area contributed by atoms with E-state index in [0.29, 0.717) is 19.0 Å². The number of ether oxygens (including phenoxy) is 2. The van der Waals surface area contributed by atoms with Crippen molar-refractivity contribution in [1.29, 1.82) is 0 Å². The van der Waals surface area contributed by atoms with E-state index in [9.17, 15) is 4.79 Å². The molecule has 180 valence electrons. The van der Waals surface area contributed by atoms with Gasteiger partial charge in [-0.2, -0.15) is 0 Å². The van der Waals surface area contributed by atoms with Gasteiger partial charge < -0.3 is 19.4 Å². The molecule has 1 aliphatic heterocycles. The molecule has 1 aliphatic carbocycles. The van der Waals surface area contributed by atoms with Crippen molar-refractivity contribution in [2.45, 2.75) is 29.5 Å². The molecule has 1 fully saturated rings. The van der Waals surface area contributed by atoms with Crippen LogP contribution in [0.15, 0.2) is 42.5 Å². The highest BCUT2D eigenvalue weighted by Crippen LogP contribution is 2.45. The van der Waals surface area contributed by atoms with Crippen LogP contribution in [-0.2, 0) is 17.6 Å². The van der Waals surface area contributed by atoms with E-state index in [1.165, 1.54) is 27.7 Å². The van der Waals surface area contributed by atoms with Gasteiger partial charge in [-0.1, -0.05) is 59.1 Å². The number of methoxy groups -OCH3 is 1. The highest BCUT2D eigenvalue weighted by molar-refractivity contribution is 6.67. The van der Waals surface area contributed by atoms with Crippen LogP contribution < -0.4 is 4.74 Å². The third kappa shape index (κ3) is 4.71. The minimum Gasteiger partial charge on any atom is -0.497 e. The fourth-order valence-corrected chi connectivity index (χ4v) is 5.82. The molecular formula is C26H27Cl3N2O3. The normalized spacial score (nSPS) is 22.3. The number of amides is 1. The van der Waals surface area contributed by atoms with E-state index >= 15 is 0 Å². The van der Waals surface area contributed by atoms with Crippen LogP contribution in [0.1, 0.15) is 28.3 Å². The lowest BCUT2D eigenvalue weighted by molar-refractivity contribution is 0.0566. The van der Waals surface area contributed by atoms with E-state index < -0.39 is 9.89 Å². The van der Waals surface area contributed by atoms with Crippen molar-refractivity contribution in [3.05, 3.63) is 64.8 Å². The maximum Gasteiger partial charge on any atom is 0.409 e. The summed E-state index contributed by atoms with van der Waals surface area (Å²) in [7, 11) is 1.67. The van der Waals surface area contributed by atoms with Crippen molar-refractivity contribution in [2.75, 3.05) is 26.8 Å². The number of benzene rings is 2. The Morgan fingerprint density at radius 1 is 1.15 bits per heavy atom. The van der Waals surface area contributed by atoms with Crippen LogP contribution in [0.5, 0.6) is 5.75 Å².